The SMILES string of the molecule is Cc1nc(NCCCF)nc(N[C@@H]2C[C@H](CO)C[C@H]2O)c1-c1nc2ccccc2s1. The molecule has 4 rings (SSSR count). The van der Waals surface area contributed by atoms with Crippen molar-refractivity contribution in [2.75, 3.05) is 30.5 Å². The van der Waals surface area contributed by atoms with Crippen molar-refractivity contribution in [3.63, 3.8) is 0 Å². The molecule has 9 heteroatoms. The molecule has 2 aromatic heterocycles. The summed E-state index contributed by atoms with van der Waals surface area (Å²) < 4.78 is 13.6. The molecule has 3 atom stereocenters. The van der Waals surface area contributed by atoms with E-state index in [1.54, 1.807) is 11.3 Å². The molecule has 4 N–H and O–H groups in total. The van der Waals surface area contributed by atoms with E-state index in [0.717, 1.165) is 26.5 Å². The molecule has 1 aliphatic carbocycles. The van der Waals surface area contributed by atoms with Crippen molar-refractivity contribution < 1.29 is 14.6 Å². The summed E-state index contributed by atoms with van der Waals surface area (Å²) >= 11 is 1.57. The maximum absolute atomic E-state index is 12.5. The molecule has 1 aliphatic rings. The van der Waals surface area contributed by atoms with Crippen LogP contribution in [0.1, 0.15) is 25.0 Å². The highest BCUT2D eigenvalue weighted by Crippen LogP contribution is 2.37. The summed E-state index contributed by atoms with van der Waals surface area (Å²) in [7, 11) is 0. The van der Waals surface area contributed by atoms with Crippen LogP contribution in [-0.4, -0.2) is 57.1 Å². The second kappa shape index (κ2) is 9.20. The molecule has 1 aromatic carbocycles. The molecular formula is C21H26FN5O2S. The van der Waals surface area contributed by atoms with Gasteiger partial charge in [-0.05, 0) is 44.2 Å². The van der Waals surface area contributed by atoms with Gasteiger partial charge in [-0.3, -0.25) is 4.39 Å². The van der Waals surface area contributed by atoms with E-state index in [2.05, 4.69) is 20.6 Å². The average Bonchev–Trinajstić information content (AvgIpc) is 3.31. The van der Waals surface area contributed by atoms with E-state index in [0.29, 0.717) is 37.6 Å². The van der Waals surface area contributed by atoms with E-state index in [9.17, 15) is 14.6 Å². The topological polar surface area (TPSA) is 103 Å². The smallest absolute Gasteiger partial charge is 0.224 e. The Morgan fingerprint density at radius 3 is 2.77 bits per heavy atom. The maximum atomic E-state index is 12.5. The number of aliphatic hydroxyl groups excluding tert-OH is 2. The fourth-order valence-corrected chi connectivity index (χ4v) is 4.92. The number of benzene rings is 1. The normalized spacial score (nSPS) is 21.3. The predicted octanol–water partition coefficient (Wildman–Crippen LogP) is 3.38. The van der Waals surface area contributed by atoms with Gasteiger partial charge in [0.05, 0.1) is 40.3 Å². The summed E-state index contributed by atoms with van der Waals surface area (Å²) in [4.78, 5) is 14.0. The lowest BCUT2D eigenvalue weighted by molar-refractivity contribution is 0.157. The van der Waals surface area contributed by atoms with Crippen molar-refractivity contribution in [1.29, 1.82) is 0 Å². The Kier molecular flexibility index (Phi) is 6.40. The molecule has 0 unspecified atom stereocenters. The third kappa shape index (κ3) is 4.38. The minimum atomic E-state index is -0.566. The van der Waals surface area contributed by atoms with Gasteiger partial charge < -0.3 is 20.8 Å². The quantitative estimate of drug-likeness (QED) is 0.406. The standard InChI is InChI=1S/C21H26FN5O2S/c1-12-18(20-26-14-5-2-3-6-17(14)30-20)19(27-21(24-12)23-8-4-7-22)25-15-9-13(11-28)10-16(15)29/h2-3,5-6,13,15-16,28-29H,4,7-11H2,1H3,(H2,23,24,25,27)/t13-,15+,16+/m0/s1. The molecule has 1 saturated carbocycles. The Labute approximate surface area is 178 Å². The summed E-state index contributed by atoms with van der Waals surface area (Å²) in [6, 6.07) is 7.71. The summed E-state index contributed by atoms with van der Waals surface area (Å²) in [5, 5.41) is 27.2. The Morgan fingerprint density at radius 1 is 1.20 bits per heavy atom. The lowest BCUT2D eigenvalue weighted by Gasteiger charge is -2.20. The monoisotopic (exact) mass is 431 g/mol. The number of nitrogens with one attached hydrogen (secondary N) is 2. The number of thiazole rings is 1. The Balaban J connectivity index is 1.71. The number of hydrogen-bond acceptors (Lipinski definition) is 8. The number of nitrogens with zero attached hydrogens (tertiary/aromatic N) is 3. The molecule has 1 fully saturated rings. The van der Waals surface area contributed by atoms with Crippen LogP contribution in [0, 0.1) is 12.8 Å². The minimum absolute atomic E-state index is 0.0544. The second-order valence-corrected chi connectivity index (χ2v) is 8.68. The van der Waals surface area contributed by atoms with Crippen LogP contribution in [0.15, 0.2) is 24.3 Å². The largest absolute Gasteiger partial charge is 0.396 e. The highest BCUT2D eigenvalue weighted by Gasteiger charge is 2.33. The molecule has 30 heavy (non-hydrogen) atoms. The van der Waals surface area contributed by atoms with Gasteiger partial charge in [-0.15, -0.1) is 11.3 Å². The van der Waals surface area contributed by atoms with Gasteiger partial charge in [-0.1, -0.05) is 12.1 Å². The molecule has 160 valence electrons. The molecule has 3 aromatic rings. The van der Waals surface area contributed by atoms with Crippen LogP contribution < -0.4 is 10.6 Å². The van der Waals surface area contributed by atoms with Crippen molar-refractivity contribution in [3.05, 3.63) is 30.0 Å². The molecule has 0 radical (unpaired) electrons. The van der Waals surface area contributed by atoms with Gasteiger partial charge in [0.2, 0.25) is 5.95 Å². The van der Waals surface area contributed by atoms with Gasteiger partial charge in [0, 0.05) is 13.2 Å². The molecule has 7 nitrogen and oxygen atoms in total. The number of aliphatic hydroxyl groups is 2. The number of anilines is 2. The zero-order valence-corrected chi connectivity index (χ0v) is 17.6. The van der Waals surface area contributed by atoms with Crippen molar-refractivity contribution in [1.82, 2.24) is 15.0 Å². The lowest BCUT2D eigenvalue weighted by atomic mass is 10.1. The third-order valence-electron chi connectivity index (χ3n) is 5.40. The highest BCUT2D eigenvalue weighted by molar-refractivity contribution is 7.21. The number of aryl methyl sites for hydroxylation is 1. The van der Waals surface area contributed by atoms with Gasteiger partial charge in [0.15, 0.2) is 0 Å². The highest BCUT2D eigenvalue weighted by atomic mass is 32.1. The molecule has 0 aliphatic heterocycles. The van der Waals surface area contributed by atoms with Crippen molar-refractivity contribution in [3.8, 4) is 10.6 Å². The van der Waals surface area contributed by atoms with Crippen LogP contribution in [0.3, 0.4) is 0 Å². The minimum Gasteiger partial charge on any atom is -0.396 e. The summed E-state index contributed by atoms with van der Waals surface area (Å²) in [5.74, 6) is 1.07. The van der Waals surface area contributed by atoms with E-state index in [1.165, 1.54) is 0 Å². The van der Waals surface area contributed by atoms with E-state index < -0.39 is 12.8 Å². The maximum Gasteiger partial charge on any atom is 0.224 e. The molecule has 0 amide bonds. The van der Waals surface area contributed by atoms with Crippen LogP contribution in [0.5, 0.6) is 0 Å². The molecular weight excluding hydrogens is 405 g/mol. The number of hydrogen-bond donors (Lipinski definition) is 4. The molecule has 0 bridgehead atoms. The van der Waals surface area contributed by atoms with Gasteiger partial charge in [-0.2, -0.15) is 4.98 Å². The Morgan fingerprint density at radius 2 is 2.03 bits per heavy atom. The number of rotatable bonds is 8. The van der Waals surface area contributed by atoms with E-state index >= 15 is 0 Å². The lowest BCUT2D eigenvalue weighted by Crippen LogP contribution is -2.29. The summed E-state index contributed by atoms with van der Waals surface area (Å²) in [6.45, 7) is 1.99. The molecule has 0 saturated heterocycles. The number of fused-ring (bicyclic) bond motifs is 1. The first-order chi connectivity index (χ1) is 14.6. The molecule has 0 spiro atoms. The Bertz CT molecular complexity index is 981. The molecule has 2 heterocycles. The number of halogens is 1. The fourth-order valence-electron chi connectivity index (χ4n) is 3.86. The third-order valence-corrected chi connectivity index (χ3v) is 6.45. The number of alkyl halides is 1. The van der Waals surface area contributed by atoms with E-state index in [-0.39, 0.29) is 18.6 Å². The zero-order valence-electron chi connectivity index (χ0n) is 16.8. The first kappa shape index (κ1) is 20.9. The van der Waals surface area contributed by atoms with Gasteiger partial charge in [0.1, 0.15) is 10.8 Å². The van der Waals surface area contributed by atoms with Crippen molar-refractivity contribution in [2.24, 2.45) is 5.92 Å². The predicted molar refractivity (Wildman–Crippen MR) is 118 cm³/mol. The first-order valence-electron chi connectivity index (χ1n) is 10.2. The fraction of sp³-hybridized carbons (Fsp3) is 0.476. The summed E-state index contributed by atoms with van der Waals surface area (Å²) in [6.07, 6.45) is 1.02. The average molecular weight is 432 g/mol. The van der Waals surface area contributed by atoms with Gasteiger partial charge in [-0.25, -0.2) is 9.97 Å². The van der Waals surface area contributed by atoms with Crippen LogP contribution in [-0.2, 0) is 0 Å². The van der Waals surface area contributed by atoms with Gasteiger partial charge in [0.25, 0.3) is 0 Å². The van der Waals surface area contributed by atoms with Crippen LogP contribution in [0.4, 0.5) is 16.2 Å². The van der Waals surface area contributed by atoms with E-state index in [4.69, 9.17) is 4.98 Å². The van der Waals surface area contributed by atoms with Crippen molar-refractivity contribution >= 4 is 33.3 Å². The van der Waals surface area contributed by atoms with Crippen LogP contribution in [0.25, 0.3) is 20.8 Å². The van der Waals surface area contributed by atoms with Crippen molar-refractivity contribution in [2.45, 2.75) is 38.3 Å². The van der Waals surface area contributed by atoms with Crippen LogP contribution >= 0.6 is 11.3 Å². The summed E-state index contributed by atoms with van der Waals surface area (Å²) in [5.41, 5.74) is 2.46. The first-order valence-corrected chi connectivity index (χ1v) is 11.0. The zero-order chi connectivity index (χ0) is 21.1. The second-order valence-electron chi connectivity index (χ2n) is 7.65. The number of para-hydroxylation sites is 1. The van der Waals surface area contributed by atoms with Gasteiger partial charge >= 0.3 is 0 Å². The van der Waals surface area contributed by atoms with Crippen LogP contribution in [0.2, 0.25) is 0 Å². The number of aromatic nitrogens is 3. The van der Waals surface area contributed by atoms with E-state index in [1.807, 2.05) is 31.2 Å². The Hall–Kier alpha value is -2.36.